The molecular weight excluding hydrogens is 346 g/mol. The van der Waals surface area contributed by atoms with E-state index in [9.17, 15) is 19.8 Å². The molecule has 0 aromatic heterocycles. The first kappa shape index (κ1) is 18.7. The van der Waals surface area contributed by atoms with Gasteiger partial charge in [-0.15, -0.1) is 0 Å². The fourth-order valence-electron chi connectivity index (χ4n) is 3.32. The number of ketones is 1. The molecule has 0 radical (unpaired) electrons. The van der Waals surface area contributed by atoms with Gasteiger partial charge in [-0.3, -0.25) is 9.59 Å². The van der Waals surface area contributed by atoms with Gasteiger partial charge in [0.15, 0.2) is 0 Å². The molecule has 6 nitrogen and oxygen atoms in total. The van der Waals surface area contributed by atoms with E-state index < -0.39 is 23.8 Å². The standard InChI is InChI=1S/C21H21NO5/c1-13(23)12-22-18(15-10-6-7-11-16(15)27-2)17(20(25)21(22)26)19(24)14-8-4-3-5-9-14/h3-11,13,18,23-24H,12H2,1-2H3/b19-17+. The van der Waals surface area contributed by atoms with Crippen LogP contribution in [0.15, 0.2) is 60.2 Å². The molecule has 2 unspecified atom stereocenters. The van der Waals surface area contributed by atoms with E-state index in [0.29, 0.717) is 16.9 Å². The number of carbonyl (C=O) groups is 2. The van der Waals surface area contributed by atoms with Crippen LogP contribution in [0.4, 0.5) is 0 Å². The number of β-amino-alcohol motifs (C(OH)–C–C–N with tert-alkyl or cyclic N) is 1. The van der Waals surface area contributed by atoms with Crippen molar-refractivity contribution in [3.63, 3.8) is 0 Å². The molecule has 140 valence electrons. The number of para-hydroxylation sites is 1. The molecule has 0 saturated carbocycles. The lowest BCUT2D eigenvalue weighted by atomic mass is 9.94. The number of benzene rings is 2. The zero-order valence-corrected chi connectivity index (χ0v) is 15.1. The molecule has 2 N–H and O–H groups in total. The summed E-state index contributed by atoms with van der Waals surface area (Å²) in [6.45, 7) is 1.49. The van der Waals surface area contributed by atoms with Crippen molar-refractivity contribution in [3.05, 3.63) is 71.3 Å². The average Bonchev–Trinajstić information content (AvgIpc) is 2.92. The molecule has 0 aliphatic carbocycles. The van der Waals surface area contributed by atoms with Gasteiger partial charge in [-0.25, -0.2) is 0 Å². The molecule has 1 saturated heterocycles. The summed E-state index contributed by atoms with van der Waals surface area (Å²) >= 11 is 0. The third-order valence-electron chi connectivity index (χ3n) is 4.48. The summed E-state index contributed by atoms with van der Waals surface area (Å²) in [5.41, 5.74) is 0.987. The maximum absolute atomic E-state index is 12.8. The number of carbonyl (C=O) groups excluding carboxylic acids is 2. The maximum atomic E-state index is 12.8. The van der Waals surface area contributed by atoms with Gasteiger partial charge in [0, 0.05) is 17.7 Å². The molecule has 3 rings (SSSR count). The van der Waals surface area contributed by atoms with Crippen molar-refractivity contribution in [3.8, 4) is 5.75 Å². The van der Waals surface area contributed by atoms with E-state index in [1.54, 1.807) is 54.6 Å². The number of aliphatic hydroxyl groups is 2. The Morgan fingerprint density at radius 1 is 1.11 bits per heavy atom. The Morgan fingerprint density at radius 3 is 2.37 bits per heavy atom. The minimum Gasteiger partial charge on any atom is -0.507 e. The predicted octanol–water partition coefficient (Wildman–Crippen LogP) is 2.50. The number of aliphatic hydroxyl groups excluding tert-OH is 2. The van der Waals surface area contributed by atoms with Crippen molar-refractivity contribution in [2.45, 2.75) is 19.1 Å². The van der Waals surface area contributed by atoms with Crippen molar-refractivity contribution in [2.24, 2.45) is 0 Å². The SMILES string of the molecule is COc1ccccc1C1/C(=C(\O)c2ccccc2)C(=O)C(=O)N1CC(C)O. The Labute approximate surface area is 157 Å². The summed E-state index contributed by atoms with van der Waals surface area (Å²) < 4.78 is 5.40. The van der Waals surface area contributed by atoms with E-state index in [2.05, 4.69) is 0 Å². The molecule has 2 atom stereocenters. The average molecular weight is 367 g/mol. The molecular formula is C21H21NO5. The van der Waals surface area contributed by atoms with Crippen LogP contribution in [-0.4, -0.2) is 46.6 Å². The molecule has 0 spiro atoms. The van der Waals surface area contributed by atoms with Crippen LogP contribution in [0.3, 0.4) is 0 Å². The Kier molecular flexibility index (Phi) is 5.28. The first-order valence-corrected chi connectivity index (χ1v) is 8.60. The Hall–Kier alpha value is -3.12. The number of hydrogen-bond donors (Lipinski definition) is 2. The zero-order chi connectivity index (χ0) is 19.6. The normalized spacial score (nSPS) is 20.0. The van der Waals surface area contributed by atoms with Crippen molar-refractivity contribution >= 4 is 17.4 Å². The van der Waals surface area contributed by atoms with E-state index in [-0.39, 0.29) is 17.9 Å². The zero-order valence-electron chi connectivity index (χ0n) is 15.1. The summed E-state index contributed by atoms with van der Waals surface area (Å²) in [7, 11) is 1.50. The number of nitrogens with zero attached hydrogens (tertiary/aromatic N) is 1. The molecule has 1 amide bonds. The predicted molar refractivity (Wildman–Crippen MR) is 100 cm³/mol. The number of methoxy groups -OCH3 is 1. The molecule has 1 heterocycles. The highest BCUT2D eigenvalue weighted by Crippen LogP contribution is 2.42. The van der Waals surface area contributed by atoms with Crippen LogP contribution in [0.2, 0.25) is 0 Å². The number of Topliss-reactive ketones (excluding diaryl/α,β-unsaturated/α-hetero) is 1. The van der Waals surface area contributed by atoms with Gasteiger partial charge >= 0.3 is 0 Å². The summed E-state index contributed by atoms with van der Waals surface area (Å²) in [4.78, 5) is 26.7. The Morgan fingerprint density at radius 2 is 1.74 bits per heavy atom. The van der Waals surface area contributed by atoms with Crippen LogP contribution >= 0.6 is 0 Å². The Balaban J connectivity index is 2.23. The minimum absolute atomic E-state index is 0.0173. The van der Waals surface area contributed by atoms with Gasteiger partial charge in [0.1, 0.15) is 11.5 Å². The molecule has 1 aliphatic heterocycles. The van der Waals surface area contributed by atoms with Crippen LogP contribution in [0.25, 0.3) is 5.76 Å². The van der Waals surface area contributed by atoms with Crippen LogP contribution in [-0.2, 0) is 9.59 Å². The number of rotatable bonds is 5. The second-order valence-electron chi connectivity index (χ2n) is 6.41. The van der Waals surface area contributed by atoms with Gasteiger partial charge < -0.3 is 19.8 Å². The second kappa shape index (κ2) is 7.63. The van der Waals surface area contributed by atoms with E-state index in [0.717, 1.165) is 0 Å². The van der Waals surface area contributed by atoms with Gasteiger partial charge in [0.25, 0.3) is 11.7 Å². The highest BCUT2D eigenvalue weighted by molar-refractivity contribution is 6.46. The van der Waals surface area contributed by atoms with Crippen molar-refractivity contribution in [2.75, 3.05) is 13.7 Å². The largest absolute Gasteiger partial charge is 0.507 e. The molecule has 1 fully saturated rings. The number of ether oxygens (including phenoxy) is 1. The van der Waals surface area contributed by atoms with Gasteiger partial charge in [-0.2, -0.15) is 0 Å². The topological polar surface area (TPSA) is 87.1 Å². The second-order valence-corrected chi connectivity index (χ2v) is 6.41. The Bertz CT molecular complexity index is 888. The van der Waals surface area contributed by atoms with Gasteiger partial charge in [-0.05, 0) is 13.0 Å². The number of hydrogen-bond acceptors (Lipinski definition) is 5. The lowest BCUT2D eigenvalue weighted by Gasteiger charge is -2.27. The summed E-state index contributed by atoms with van der Waals surface area (Å²) in [5, 5.41) is 20.7. The number of likely N-dealkylation sites (tertiary alicyclic amines) is 1. The molecule has 0 bridgehead atoms. The molecule has 1 aliphatic rings. The third kappa shape index (κ3) is 3.44. The molecule has 27 heavy (non-hydrogen) atoms. The van der Waals surface area contributed by atoms with E-state index >= 15 is 0 Å². The molecule has 2 aromatic rings. The van der Waals surface area contributed by atoms with Crippen LogP contribution < -0.4 is 4.74 Å². The van der Waals surface area contributed by atoms with Gasteiger partial charge in [-0.1, -0.05) is 48.5 Å². The number of amides is 1. The summed E-state index contributed by atoms with van der Waals surface area (Å²) in [6, 6.07) is 14.7. The maximum Gasteiger partial charge on any atom is 0.295 e. The fourth-order valence-corrected chi connectivity index (χ4v) is 3.32. The van der Waals surface area contributed by atoms with Crippen molar-refractivity contribution < 1.29 is 24.5 Å². The monoisotopic (exact) mass is 367 g/mol. The fraction of sp³-hybridized carbons (Fsp3) is 0.238. The van der Waals surface area contributed by atoms with Crippen LogP contribution in [0.1, 0.15) is 24.1 Å². The minimum atomic E-state index is -0.851. The van der Waals surface area contributed by atoms with Crippen molar-refractivity contribution in [1.82, 2.24) is 4.90 Å². The van der Waals surface area contributed by atoms with Gasteiger partial charge in [0.05, 0.1) is 24.8 Å². The van der Waals surface area contributed by atoms with E-state index in [1.807, 2.05) is 0 Å². The summed E-state index contributed by atoms with van der Waals surface area (Å²) in [6.07, 6.45) is -0.836. The van der Waals surface area contributed by atoms with E-state index in [4.69, 9.17) is 4.74 Å². The highest BCUT2D eigenvalue weighted by atomic mass is 16.5. The third-order valence-corrected chi connectivity index (χ3v) is 4.48. The van der Waals surface area contributed by atoms with Crippen LogP contribution in [0.5, 0.6) is 5.75 Å². The smallest absolute Gasteiger partial charge is 0.295 e. The highest BCUT2D eigenvalue weighted by Gasteiger charge is 2.47. The molecule has 2 aromatic carbocycles. The summed E-state index contributed by atoms with van der Waals surface area (Å²) in [5.74, 6) is -1.31. The van der Waals surface area contributed by atoms with E-state index in [1.165, 1.54) is 18.9 Å². The van der Waals surface area contributed by atoms with Crippen LogP contribution in [0, 0.1) is 0 Å². The van der Waals surface area contributed by atoms with Gasteiger partial charge in [0.2, 0.25) is 0 Å². The first-order chi connectivity index (χ1) is 13.0. The lowest BCUT2D eigenvalue weighted by molar-refractivity contribution is -0.140. The first-order valence-electron chi connectivity index (χ1n) is 8.60. The molecule has 6 heteroatoms. The lowest BCUT2D eigenvalue weighted by Crippen LogP contribution is -2.35. The van der Waals surface area contributed by atoms with Crippen molar-refractivity contribution in [1.29, 1.82) is 0 Å². The quantitative estimate of drug-likeness (QED) is 0.482.